The fourth-order valence-electron chi connectivity index (χ4n) is 2.56. The second kappa shape index (κ2) is 6.04. The Labute approximate surface area is 138 Å². The number of aromatic nitrogens is 2. The fraction of sp³-hybridized carbons (Fsp3) is 0.250. The van der Waals surface area contributed by atoms with Crippen molar-refractivity contribution in [2.24, 2.45) is 0 Å². The van der Waals surface area contributed by atoms with E-state index in [-0.39, 0.29) is 23.1 Å². The Morgan fingerprint density at radius 2 is 2.33 bits per heavy atom. The third-order valence-electron chi connectivity index (χ3n) is 3.82. The van der Waals surface area contributed by atoms with Crippen LogP contribution in [0.5, 0.6) is 5.75 Å². The normalized spacial score (nSPS) is 15.9. The van der Waals surface area contributed by atoms with E-state index in [1.807, 2.05) is 13.0 Å². The summed E-state index contributed by atoms with van der Waals surface area (Å²) in [6, 6.07) is 6.52. The van der Waals surface area contributed by atoms with Gasteiger partial charge in [0, 0.05) is 12.1 Å². The standard InChI is InChI=1S/C16H15N5O3/c1-9-7-18-16(23)14-12(8-19-21(9)14)20-15(22)10-3-4-13(24-2)11(5-10)6-17/h3-5,8-9H,7H2,1-2H3,(H,18,23)(H,20,22)/t9-/m1/s1. The maximum atomic E-state index is 12.4. The molecule has 0 saturated carbocycles. The van der Waals surface area contributed by atoms with Gasteiger partial charge >= 0.3 is 0 Å². The van der Waals surface area contributed by atoms with Crippen molar-refractivity contribution >= 4 is 17.5 Å². The number of benzene rings is 1. The Bertz CT molecular complexity index is 865. The molecule has 0 aliphatic carbocycles. The second-order valence-electron chi connectivity index (χ2n) is 5.39. The van der Waals surface area contributed by atoms with Gasteiger partial charge < -0.3 is 15.4 Å². The summed E-state index contributed by atoms with van der Waals surface area (Å²) < 4.78 is 6.64. The molecule has 0 fully saturated rings. The highest BCUT2D eigenvalue weighted by atomic mass is 16.5. The van der Waals surface area contributed by atoms with Gasteiger partial charge in [0.15, 0.2) is 0 Å². The van der Waals surface area contributed by atoms with Gasteiger partial charge in [0.2, 0.25) is 0 Å². The van der Waals surface area contributed by atoms with Gasteiger partial charge in [0.1, 0.15) is 17.5 Å². The van der Waals surface area contributed by atoms with Crippen LogP contribution >= 0.6 is 0 Å². The molecule has 0 unspecified atom stereocenters. The van der Waals surface area contributed by atoms with Crippen molar-refractivity contribution in [2.45, 2.75) is 13.0 Å². The molecule has 2 heterocycles. The third-order valence-corrected chi connectivity index (χ3v) is 3.82. The summed E-state index contributed by atoms with van der Waals surface area (Å²) in [6.45, 7) is 2.41. The van der Waals surface area contributed by atoms with Crippen LogP contribution in [0, 0.1) is 11.3 Å². The van der Waals surface area contributed by atoms with Gasteiger partial charge in [-0.25, -0.2) is 0 Å². The lowest BCUT2D eigenvalue weighted by Crippen LogP contribution is -2.38. The second-order valence-corrected chi connectivity index (χ2v) is 5.39. The topological polar surface area (TPSA) is 109 Å². The smallest absolute Gasteiger partial charge is 0.271 e. The maximum absolute atomic E-state index is 12.4. The van der Waals surface area contributed by atoms with E-state index >= 15 is 0 Å². The highest BCUT2D eigenvalue weighted by Gasteiger charge is 2.27. The van der Waals surface area contributed by atoms with Crippen molar-refractivity contribution < 1.29 is 14.3 Å². The van der Waals surface area contributed by atoms with Gasteiger partial charge in [-0.05, 0) is 25.1 Å². The van der Waals surface area contributed by atoms with Crippen LogP contribution in [0.4, 0.5) is 5.69 Å². The fourth-order valence-corrected chi connectivity index (χ4v) is 2.56. The van der Waals surface area contributed by atoms with E-state index in [4.69, 9.17) is 10.00 Å². The number of amides is 2. The van der Waals surface area contributed by atoms with Crippen molar-refractivity contribution in [3.8, 4) is 11.8 Å². The summed E-state index contributed by atoms with van der Waals surface area (Å²) in [5.41, 5.74) is 1.19. The Morgan fingerprint density at radius 1 is 1.54 bits per heavy atom. The number of methoxy groups -OCH3 is 1. The summed E-state index contributed by atoms with van der Waals surface area (Å²) in [7, 11) is 1.45. The summed E-state index contributed by atoms with van der Waals surface area (Å²) in [4.78, 5) is 24.5. The molecule has 3 rings (SSSR count). The first-order valence-electron chi connectivity index (χ1n) is 7.30. The van der Waals surface area contributed by atoms with Gasteiger partial charge in [-0.2, -0.15) is 10.4 Å². The van der Waals surface area contributed by atoms with Crippen molar-refractivity contribution in [3.63, 3.8) is 0 Å². The molecule has 0 spiro atoms. The van der Waals surface area contributed by atoms with E-state index in [2.05, 4.69) is 15.7 Å². The quantitative estimate of drug-likeness (QED) is 0.884. The highest BCUT2D eigenvalue weighted by molar-refractivity contribution is 6.08. The monoisotopic (exact) mass is 325 g/mol. The molecule has 0 radical (unpaired) electrons. The zero-order valence-corrected chi connectivity index (χ0v) is 13.2. The Balaban J connectivity index is 1.89. The predicted molar refractivity (Wildman–Crippen MR) is 84.9 cm³/mol. The highest BCUT2D eigenvalue weighted by Crippen LogP contribution is 2.24. The molecule has 8 nitrogen and oxygen atoms in total. The Hall–Kier alpha value is -3.34. The van der Waals surface area contributed by atoms with E-state index in [0.717, 1.165) is 0 Å². The summed E-state index contributed by atoms with van der Waals surface area (Å²) in [5.74, 6) is -0.325. The average molecular weight is 325 g/mol. The van der Waals surface area contributed by atoms with E-state index in [1.54, 1.807) is 16.8 Å². The molecule has 122 valence electrons. The molecule has 2 aromatic rings. The predicted octanol–water partition coefficient (Wildman–Crippen LogP) is 1.32. The molecule has 24 heavy (non-hydrogen) atoms. The van der Waals surface area contributed by atoms with Crippen molar-refractivity contribution in [1.82, 2.24) is 15.1 Å². The third kappa shape index (κ3) is 2.56. The summed E-state index contributed by atoms with van der Waals surface area (Å²) in [5, 5.41) is 18.7. The number of carbonyl (C=O) groups excluding carboxylic acids is 2. The van der Waals surface area contributed by atoms with Crippen LogP contribution in [0.1, 0.15) is 39.4 Å². The minimum absolute atomic E-state index is 0.00882. The number of hydrogen-bond acceptors (Lipinski definition) is 5. The molecule has 1 aromatic heterocycles. The lowest BCUT2D eigenvalue weighted by molar-refractivity contribution is 0.0913. The van der Waals surface area contributed by atoms with Crippen LogP contribution < -0.4 is 15.4 Å². The molecule has 0 saturated heterocycles. The van der Waals surface area contributed by atoms with E-state index < -0.39 is 5.91 Å². The van der Waals surface area contributed by atoms with Crippen molar-refractivity contribution in [1.29, 1.82) is 5.26 Å². The Morgan fingerprint density at radius 3 is 3.04 bits per heavy atom. The number of hydrogen-bond donors (Lipinski definition) is 2. The number of ether oxygens (including phenoxy) is 1. The zero-order chi connectivity index (χ0) is 17.3. The number of nitrogens with one attached hydrogen (secondary N) is 2. The molecule has 2 amide bonds. The van der Waals surface area contributed by atoms with E-state index in [1.165, 1.54) is 19.4 Å². The number of fused-ring (bicyclic) bond motifs is 1. The van der Waals surface area contributed by atoms with Crippen molar-refractivity contribution in [3.05, 3.63) is 41.2 Å². The molecule has 1 aliphatic heterocycles. The Kier molecular flexibility index (Phi) is 3.92. The van der Waals surface area contributed by atoms with E-state index in [9.17, 15) is 9.59 Å². The number of carbonyl (C=O) groups is 2. The lowest BCUT2D eigenvalue weighted by atomic mass is 10.1. The molecule has 0 bridgehead atoms. The molecule has 1 atom stereocenters. The maximum Gasteiger partial charge on any atom is 0.271 e. The van der Waals surface area contributed by atoms with Crippen LogP contribution in [0.3, 0.4) is 0 Å². The molecule has 1 aromatic carbocycles. The van der Waals surface area contributed by atoms with Crippen molar-refractivity contribution in [2.75, 3.05) is 19.0 Å². The van der Waals surface area contributed by atoms with Crippen LogP contribution in [-0.2, 0) is 0 Å². The van der Waals surface area contributed by atoms with E-state index in [0.29, 0.717) is 23.7 Å². The van der Waals surface area contributed by atoms with Gasteiger partial charge in [0.05, 0.1) is 30.6 Å². The van der Waals surface area contributed by atoms with Gasteiger partial charge in [-0.15, -0.1) is 0 Å². The average Bonchev–Trinajstić information content (AvgIpc) is 3.02. The van der Waals surface area contributed by atoms with Crippen LogP contribution in [0.15, 0.2) is 24.4 Å². The van der Waals surface area contributed by atoms with Crippen LogP contribution in [0.25, 0.3) is 0 Å². The largest absolute Gasteiger partial charge is 0.495 e. The minimum atomic E-state index is -0.434. The van der Waals surface area contributed by atoms with Crippen LogP contribution in [0.2, 0.25) is 0 Å². The molecule has 1 aliphatic rings. The first-order chi connectivity index (χ1) is 11.5. The lowest BCUT2D eigenvalue weighted by Gasteiger charge is -2.22. The number of rotatable bonds is 3. The minimum Gasteiger partial charge on any atom is -0.495 e. The van der Waals surface area contributed by atoms with Crippen LogP contribution in [-0.4, -0.2) is 35.2 Å². The number of nitriles is 1. The molecule has 2 N–H and O–H groups in total. The first kappa shape index (κ1) is 15.6. The number of anilines is 1. The van der Waals surface area contributed by atoms with Gasteiger partial charge in [-0.3, -0.25) is 14.3 Å². The number of nitrogens with zero attached hydrogens (tertiary/aromatic N) is 3. The van der Waals surface area contributed by atoms with Gasteiger partial charge in [-0.1, -0.05) is 0 Å². The molecular formula is C16H15N5O3. The molecule has 8 heteroatoms. The van der Waals surface area contributed by atoms with Gasteiger partial charge in [0.25, 0.3) is 11.8 Å². The summed E-state index contributed by atoms with van der Waals surface area (Å²) >= 11 is 0. The summed E-state index contributed by atoms with van der Waals surface area (Å²) in [6.07, 6.45) is 1.45. The zero-order valence-electron chi connectivity index (χ0n) is 13.2. The SMILES string of the molecule is COc1ccc(C(=O)Nc2cnn3c2C(=O)NC[C@H]3C)cc1C#N. The first-order valence-corrected chi connectivity index (χ1v) is 7.30. The molecular weight excluding hydrogens is 310 g/mol.